The number of aromatic nitrogens is 2. The summed E-state index contributed by atoms with van der Waals surface area (Å²) in [6, 6.07) is 7.79. The van der Waals surface area contributed by atoms with Crippen molar-refractivity contribution in [3.05, 3.63) is 52.5 Å². The van der Waals surface area contributed by atoms with Gasteiger partial charge in [0.2, 0.25) is 5.95 Å². The number of hydrogen-bond acceptors (Lipinski definition) is 9. The molecule has 0 spiro atoms. The number of rotatable bonds is 9. The molecule has 7 N–H and O–H groups in total. The Morgan fingerprint density at radius 3 is 2.97 bits per heavy atom. The van der Waals surface area contributed by atoms with E-state index in [1.807, 2.05) is 12.1 Å². The Morgan fingerprint density at radius 1 is 1.31 bits per heavy atom. The fraction of sp³-hybridized carbons (Fsp3) is 0.261. The molecule has 166 valence electrons. The molecule has 0 saturated heterocycles. The molecule has 0 aliphatic heterocycles. The number of nitrogens with one attached hydrogen (secondary N) is 3. The molecule has 1 aliphatic carbocycles. The number of anilines is 4. The first kappa shape index (κ1) is 21.9. The molecule has 0 radical (unpaired) electrons. The van der Waals surface area contributed by atoms with E-state index in [-0.39, 0.29) is 5.95 Å². The van der Waals surface area contributed by atoms with Gasteiger partial charge in [-0.2, -0.15) is 4.98 Å². The second kappa shape index (κ2) is 9.90. The van der Waals surface area contributed by atoms with Gasteiger partial charge in [-0.1, -0.05) is 6.08 Å². The minimum absolute atomic E-state index is 0.196. The van der Waals surface area contributed by atoms with E-state index in [0.29, 0.717) is 29.6 Å². The van der Waals surface area contributed by atoms with E-state index < -0.39 is 0 Å². The van der Waals surface area contributed by atoms with Gasteiger partial charge in [0.15, 0.2) is 0 Å². The fourth-order valence-corrected chi connectivity index (χ4v) is 4.85. The Hall–Kier alpha value is -3.27. The van der Waals surface area contributed by atoms with E-state index >= 15 is 0 Å². The first-order chi connectivity index (χ1) is 15.6. The minimum atomic E-state index is 0.196. The van der Waals surface area contributed by atoms with Crippen LogP contribution in [-0.4, -0.2) is 43.0 Å². The lowest BCUT2D eigenvalue weighted by Crippen LogP contribution is -2.27. The topological polar surface area (TPSA) is 135 Å². The lowest BCUT2D eigenvalue weighted by molar-refractivity contribution is 0.198. The second-order valence-corrected chi connectivity index (χ2v) is 8.70. The molecule has 1 aromatic carbocycles. The van der Waals surface area contributed by atoms with Crippen LogP contribution in [0.1, 0.15) is 16.0 Å². The highest BCUT2D eigenvalue weighted by molar-refractivity contribution is 7.16. The average Bonchev–Trinajstić information content (AvgIpc) is 3.21. The number of methoxy groups -OCH3 is 1. The summed E-state index contributed by atoms with van der Waals surface area (Å²) in [6.07, 6.45) is 8.33. The van der Waals surface area contributed by atoms with Crippen molar-refractivity contribution in [1.82, 2.24) is 15.3 Å². The molecule has 32 heavy (non-hydrogen) atoms. The van der Waals surface area contributed by atoms with Crippen molar-refractivity contribution < 1.29 is 4.74 Å². The van der Waals surface area contributed by atoms with Crippen LogP contribution in [0.15, 0.2) is 36.5 Å². The summed E-state index contributed by atoms with van der Waals surface area (Å²) in [7, 11) is 1.71. The SMILES string of the molecule is COCCNCC1C=Cc2sc(-c3cc(Nc4ccnc(N)n4)cc(C=N)c3N)cc2C1. The maximum Gasteiger partial charge on any atom is 0.221 e. The van der Waals surface area contributed by atoms with E-state index in [1.165, 1.54) is 16.7 Å². The molecule has 3 aromatic rings. The van der Waals surface area contributed by atoms with Gasteiger partial charge in [-0.05, 0) is 48.2 Å². The van der Waals surface area contributed by atoms with E-state index in [0.717, 1.165) is 35.6 Å². The predicted molar refractivity (Wildman–Crippen MR) is 133 cm³/mol. The summed E-state index contributed by atoms with van der Waals surface area (Å²) < 4.78 is 5.10. The molecular weight excluding hydrogens is 422 g/mol. The normalized spacial score (nSPS) is 14.8. The Bertz CT molecular complexity index is 1140. The number of nitrogen functional groups attached to an aromatic ring is 2. The third-order valence-corrected chi connectivity index (χ3v) is 6.49. The van der Waals surface area contributed by atoms with Gasteiger partial charge >= 0.3 is 0 Å². The third-order valence-electron chi connectivity index (χ3n) is 5.31. The molecule has 1 aliphatic rings. The van der Waals surface area contributed by atoms with Gasteiger partial charge in [0.1, 0.15) is 5.82 Å². The Kier molecular flexibility index (Phi) is 6.79. The van der Waals surface area contributed by atoms with Crippen LogP contribution in [0.2, 0.25) is 0 Å². The zero-order chi connectivity index (χ0) is 22.5. The van der Waals surface area contributed by atoms with Gasteiger partial charge in [-0.15, -0.1) is 11.3 Å². The first-order valence-electron chi connectivity index (χ1n) is 10.4. The highest BCUT2D eigenvalue weighted by Gasteiger charge is 2.19. The maximum absolute atomic E-state index is 7.80. The van der Waals surface area contributed by atoms with Crippen LogP contribution < -0.4 is 22.1 Å². The van der Waals surface area contributed by atoms with Gasteiger partial charge in [-0.25, -0.2) is 4.98 Å². The highest BCUT2D eigenvalue weighted by atomic mass is 32.1. The van der Waals surface area contributed by atoms with Crippen LogP contribution in [0, 0.1) is 11.3 Å². The first-order valence-corrected chi connectivity index (χ1v) is 11.2. The standard InChI is InChI=1S/C23H27N7OS/c1-31-7-6-27-13-14-2-3-19-15(8-14)10-20(32-19)18-11-17(9-16(12-24)22(18)25)29-21-4-5-28-23(26)30-21/h2-5,9-12,14,24,27H,6-8,13,25H2,1H3,(H3,26,28,29,30). The lowest BCUT2D eigenvalue weighted by atomic mass is 9.93. The van der Waals surface area contributed by atoms with Crippen molar-refractivity contribution in [3.8, 4) is 10.4 Å². The van der Waals surface area contributed by atoms with Crippen LogP contribution >= 0.6 is 11.3 Å². The Balaban J connectivity index is 1.58. The van der Waals surface area contributed by atoms with Crippen molar-refractivity contribution in [2.75, 3.05) is 43.6 Å². The quantitative estimate of drug-likeness (QED) is 0.192. The number of fused-ring (bicyclic) bond motifs is 1. The zero-order valence-corrected chi connectivity index (χ0v) is 18.7. The summed E-state index contributed by atoms with van der Waals surface area (Å²) in [5.41, 5.74) is 16.4. The molecule has 0 saturated carbocycles. The van der Waals surface area contributed by atoms with Crippen molar-refractivity contribution in [2.45, 2.75) is 6.42 Å². The molecule has 0 fully saturated rings. The average molecular weight is 450 g/mol. The number of benzene rings is 1. The van der Waals surface area contributed by atoms with Crippen LogP contribution in [0.3, 0.4) is 0 Å². The zero-order valence-electron chi connectivity index (χ0n) is 17.9. The molecule has 9 heteroatoms. The molecule has 0 bridgehead atoms. The summed E-state index contributed by atoms with van der Waals surface area (Å²) in [4.78, 5) is 10.5. The van der Waals surface area contributed by atoms with Gasteiger partial charge < -0.3 is 32.2 Å². The highest BCUT2D eigenvalue weighted by Crippen LogP contribution is 2.40. The monoisotopic (exact) mass is 449 g/mol. The van der Waals surface area contributed by atoms with Crippen LogP contribution in [0.4, 0.5) is 23.1 Å². The second-order valence-electron chi connectivity index (χ2n) is 7.62. The molecule has 2 heterocycles. The Labute approximate surface area is 191 Å². The van der Waals surface area contributed by atoms with Crippen LogP contribution in [-0.2, 0) is 11.2 Å². The largest absolute Gasteiger partial charge is 0.398 e. The van der Waals surface area contributed by atoms with Gasteiger partial charge in [-0.3, -0.25) is 0 Å². The van der Waals surface area contributed by atoms with Crippen molar-refractivity contribution in [2.24, 2.45) is 5.92 Å². The van der Waals surface area contributed by atoms with Crippen molar-refractivity contribution >= 4 is 46.8 Å². The minimum Gasteiger partial charge on any atom is -0.398 e. The van der Waals surface area contributed by atoms with E-state index in [2.05, 4.69) is 38.8 Å². The molecule has 4 rings (SSSR count). The smallest absolute Gasteiger partial charge is 0.221 e. The van der Waals surface area contributed by atoms with Crippen LogP contribution in [0.25, 0.3) is 16.5 Å². The number of ether oxygens (including phenoxy) is 1. The fourth-order valence-electron chi connectivity index (χ4n) is 3.71. The molecule has 2 aromatic heterocycles. The summed E-state index contributed by atoms with van der Waals surface area (Å²) in [6.45, 7) is 2.49. The van der Waals surface area contributed by atoms with Gasteiger partial charge in [0, 0.05) is 64.9 Å². The molecule has 1 unspecified atom stereocenters. The summed E-state index contributed by atoms with van der Waals surface area (Å²) in [5, 5.41) is 14.5. The number of nitrogens with two attached hydrogens (primary N) is 2. The summed E-state index contributed by atoms with van der Waals surface area (Å²) >= 11 is 1.72. The molecule has 1 atom stereocenters. The van der Waals surface area contributed by atoms with Crippen LogP contribution in [0.5, 0.6) is 0 Å². The lowest BCUT2D eigenvalue weighted by Gasteiger charge is -2.17. The predicted octanol–water partition coefficient (Wildman–Crippen LogP) is 3.53. The van der Waals surface area contributed by atoms with E-state index in [4.69, 9.17) is 21.6 Å². The number of hydrogen-bond donors (Lipinski definition) is 5. The van der Waals surface area contributed by atoms with Crippen molar-refractivity contribution in [3.63, 3.8) is 0 Å². The van der Waals surface area contributed by atoms with Gasteiger partial charge in [0.05, 0.1) is 6.61 Å². The Morgan fingerprint density at radius 2 is 2.19 bits per heavy atom. The van der Waals surface area contributed by atoms with E-state index in [9.17, 15) is 0 Å². The maximum atomic E-state index is 7.80. The number of nitrogens with zero attached hydrogens (tertiary/aromatic N) is 2. The third kappa shape index (κ3) is 4.96. The molecular formula is C23H27N7OS. The number of thiophene rings is 1. The molecule has 8 nitrogen and oxygen atoms in total. The molecule has 0 amide bonds. The van der Waals surface area contributed by atoms with Gasteiger partial charge in [0.25, 0.3) is 0 Å². The summed E-state index contributed by atoms with van der Waals surface area (Å²) in [5.74, 6) is 1.23. The van der Waals surface area contributed by atoms with Crippen molar-refractivity contribution in [1.29, 1.82) is 5.41 Å². The van der Waals surface area contributed by atoms with E-state index in [1.54, 1.807) is 30.7 Å².